The second-order valence-corrected chi connectivity index (χ2v) is 6.06. The molecule has 1 N–H and O–H groups in total. The average molecular weight is 301 g/mol. The van der Waals surface area contributed by atoms with Crippen molar-refractivity contribution < 1.29 is 9.52 Å². The van der Waals surface area contributed by atoms with Crippen LogP contribution in [-0.4, -0.2) is 5.11 Å². The Kier molecular flexibility index (Phi) is 3.52. The highest BCUT2D eigenvalue weighted by Gasteiger charge is 2.18. The molecule has 0 saturated heterocycles. The van der Waals surface area contributed by atoms with Crippen LogP contribution in [0.15, 0.2) is 26.6 Å². The summed E-state index contributed by atoms with van der Waals surface area (Å²) >= 11 is 5.03. The normalized spacial score (nSPS) is 13.0. The fourth-order valence-electron chi connectivity index (χ4n) is 1.65. The molecule has 86 valence electrons. The van der Waals surface area contributed by atoms with E-state index >= 15 is 0 Å². The Hall–Kier alpha value is -0.580. The maximum atomic E-state index is 10.3. The SMILES string of the molecule is CCc1occc1C(O)c1cc(C)c(Br)s1. The Balaban J connectivity index is 2.35. The molecule has 4 heteroatoms. The number of rotatable bonds is 3. The lowest BCUT2D eigenvalue weighted by Gasteiger charge is -2.07. The zero-order valence-corrected chi connectivity index (χ0v) is 11.6. The lowest BCUT2D eigenvalue weighted by molar-refractivity contribution is 0.221. The summed E-state index contributed by atoms with van der Waals surface area (Å²) in [4.78, 5) is 0.945. The van der Waals surface area contributed by atoms with Crippen LogP contribution in [-0.2, 0) is 6.42 Å². The molecule has 2 nitrogen and oxygen atoms in total. The fourth-order valence-corrected chi connectivity index (χ4v) is 3.23. The minimum atomic E-state index is -0.580. The number of aryl methyl sites for hydroxylation is 2. The number of furan rings is 1. The monoisotopic (exact) mass is 300 g/mol. The van der Waals surface area contributed by atoms with Crippen molar-refractivity contribution in [2.45, 2.75) is 26.4 Å². The summed E-state index contributed by atoms with van der Waals surface area (Å²) in [7, 11) is 0. The molecule has 0 fully saturated rings. The Morgan fingerprint density at radius 3 is 2.88 bits per heavy atom. The third kappa shape index (κ3) is 2.10. The van der Waals surface area contributed by atoms with E-state index < -0.39 is 6.10 Å². The van der Waals surface area contributed by atoms with Crippen molar-refractivity contribution in [3.05, 3.63) is 43.9 Å². The predicted molar refractivity (Wildman–Crippen MR) is 68.9 cm³/mol. The first-order valence-corrected chi connectivity index (χ1v) is 6.74. The smallest absolute Gasteiger partial charge is 0.117 e. The van der Waals surface area contributed by atoms with Crippen LogP contribution in [0.4, 0.5) is 0 Å². The van der Waals surface area contributed by atoms with E-state index in [-0.39, 0.29) is 0 Å². The number of hydrogen-bond donors (Lipinski definition) is 1. The molecule has 0 saturated carbocycles. The lowest BCUT2D eigenvalue weighted by Crippen LogP contribution is -1.98. The Labute approximate surface area is 107 Å². The summed E-state index contributed by atoms with van der Waals surface area (Å²) < 4.78 is 6.40. The van der Waals surface area contributed by atoms with Crippen molar-refractivity contribution in [3.63, 3.8) is 0 Å². The highest BCUT2D eigenvalue weighted by Crippen LogP contribution is 2.35. The first kappa shape index (κ1) is 11.9. The van der Waals surface area contributed by atoms with Crippen molar-refractivity contribution in [2.75, 3.05) is 0 Å². The lowest BCUT2D eigenvalue weighted by atomic mass is 10.1. The first-order chi connectivity index (χ1) is 7.63. The van der Waals surface area contributed by atoms with Gasteiger partial charge in [-0.15, -0.1) is 11.3 Å². The van der Waals surface area contributed by atoms with E-state index in [4.69, 9.17) is 4.42 Å². The van der Waals surface area contributed by atoms with Gasteiger partial charge in [-0.2, -0.15) is 0 Å². The molecular formula is C12H13BrO2S. The van der Waals surface area contributed by atoms with Gasteiger partial charge in [0.05, 0.1) is 10.0 Å². The minimum Gasteiger partial charge on any atom is -0.469 e. The molecule has 16 heavy (non-hydrogen) atoms. The zero-order valence-electron chi connectivity index (χ0n) is 9.16. The molecule has 0 amide bonds. The topological polar surface area (TPSA) is 33.4 Å². The maximum Gasteiger partial charge on any atom is 0.117 e. The molecule has 0 aliphatic heterocycles. The van der Waals surface area contributed by atoms with Crippen LogP contribution in [0.5, 0.6) is 0 Å². The van der Waals surface area contributed by atoms with Crippen molar-refractivity contribution in [3.8, 4) is 0 Å². The summed E-state index contributed by atoms with van der Waals surface area (Å²) in [5, 5.41) is 10.3. The second-order valence-electron chi connectivity index (χ2n) is 3.66. The number of hydrogen-bond acceptors (Lipinski definition) is 3. The number of aliphatic hydroxyl groups excluding tert-OH is 1. The molecule has 2 aromatic heterocycles. The molecule has 0 spiro atoms. The Morgan fingerprint density at radius 2 is 2.31 bits per heavy atom. The van der Waals surface area contributed by atoms with Crippen LogP contribution >= 0.6 is 27.3 Å². The van der Waals surface area contributed by atoms with Crippen LogP contribution < -0.4 is 0 Å². The summed E-state index contributed by atoms with van der Waals surface area (Å²) in [5.74, 6) is 0.856. The van der Waals surface area contributed by atoms with Crippen molar-refractivity contribution in [1.82, 2.24) is 0 Å². The molecule has 1 unspecified atom stereocenters. The predicted octanol–water partition coefficient (Wildman–Crippen LogP) is 4.06. The van der Waals surface area contributed by atoms with E-state index in [1.54, 1.807) is 17.6 Å². The fraction of sp³-hybridized carbons (Fsp3) is 0.333. The van der Waals surface area contributed by atoms with Gasteiger partial charge in [0.25, 0.3) is 0 Å². The molecule has 0 aliphatic carbocycles. The van der Waals surface area contributed by atoms with Gasteiger partial charge in [-0.05, 0) is 40.5 Å². The molecule has 1 atom stereocenters. The number of thiophene rings is 1. The van der Waals surface area contributed by atoms with Gasteiger partial charge < -0.3 is 9.52 Å². The molecule has 0 radical (unpaired) electrons. The highest BCUT2D eigenvalue weighted by molar-refractivity contribution is 9.11. The van der Waals surface area contributed by atoms with E-state index in [0.29, 0.717) is 0 Å². The average Bonchev–Trinajstić information content (AvgIpc) is 2.85. The van der Waals surface area contributed by atoms with E-state index in [0.717, 1.165) is 32.0 Å². The van der Waals surface area contributed by atoms with Crippen LogP contribution in [0, 0.1) is 6.92 Å². The van der Waals surface area contributed by atoms with Crippen molar-refractivity contribution >= 4 is 27.3 Å². The van der Waals surface area contributed by atoms with Crippen molar-refractivity contribution in [1.29, 1.82) is 0 Å². The Bertz CT molecular complexity index is 467. The zero-order chi connectivity index (χ0) is 11.7. The van der Waals surface area contributed by atoms with Crippen LogP contribution in [0.3, 0.4) is 0 Å². The molecular weight excluding hydrogens is 288 g/mol. The van der Waals surface area contributed by atoms with Crippen molar-refractivity contribution in [2.24, 2.45) is 0 Å². The molecule has 0 bridgehead atoms. The van der Waals surface area contributed by atoms with Gasteiger partial charge in [0.15, 0.2) is 0 Å². The third-order valence-corrected chi connectivity index (χ3v) is 4.73. The van der Waals surface area contributed by atoms with E-state index in [9.17, 15) is 5.11 Å². The minimum absolute atomic E-state index is 0.580. The molecule has 2 rings (SSSR count). The van der Waals surface area contributed by atoms with Gasteiger partial charge in [-0.25, -0.2) is 0 Å². The first-order valence-electron chi connectivity index (χ1n) is 5.13. The maximum absolute atomic E-state index is 10.3. The van der Waals surface area contributed by atoms with Crippen LogP contribution in [0.1, 0.15) is 34.8 Å². The summed E-state index contributed by atoms with van der Waals surface area (Å²) in [6.45, 7) is 4.04. The van der Waals surface area contributed by atoms with Gasteiger partial charge in [0, 0.05) is 16.9 Å². The Morgan fingerprint density at radius 1 is 1.56 bits per heavy atom. The quantitative estimate of drug-likeness (QED) is 0.927. The second kappa shape index (κ2) is 4.73. The van der Waals surface area contributed by atoms with Crippen LogP contribution in [0.2, 0.25) is 0 Å². The summed E-state index contributed by atoms with van der Waals surface area (Å²) in [6.07, 6.45) is 1.85. The van der Waals surface area contributed by atoms with Gasteiger partial charge in [0.1, 0.15) is 11.9 Å². The van der Waals surface area contributed by atoms with E-state index in [1.807, 2.05) is 26.0 Å². The largest absolute Gasteiger partial charge is 0.469 e. The van der Waals surface area contributed by atoms with E-state index in [1.165, 1.54) is 0 Å². The van der Waals surface area contributed by atoms with Crippen LogP contribution in [0.25, 0.3) is 0 Å². The summed E-state index contributed by atoms with van der Waals surface area (Å²) in [6, 6.07) is 3.85. The van der Waals surface area contributed by atoms with E-state index in [2.05, 4.69) is 15.9 Å². The molecule has 2 heterocycles. The molecule has 0 aromatic carbocycles. The summed E-state index contributed by atoms with van der Waals surface area (Å²) in [5.41, 5.74) is 2.02. The van der Waals surface area contributed by atoms with Gasteiger partial charge in [0.2, 0.25) is 0 Å². The number of aliphatic hydroxyl groups is 1. The standard InChI is InChI=1S/C12H13BrO2S/c1-3-9-8(4-5-15-9)11(14)10-6-7(2)12(13)16-10/h4-6,11,14H,3H2,1-2H3. The van der Waals surface area contributed by atoms with Gasteiger partial charge in [-0.3, -0.25) is 0 Å². The molecule has 0 aliphatic rings. The third-order valence-electron chi connectivity index (χ3n) is 2.54. The number of halogens is 1. The highest BCUT2D eigenvalue weighted by atomic mass is 79.9. The van der Waals surface area contributed by atoms with Gasteiger partial charge in [-0.1, -0.05) is 6.92 Å². The van der Waals surface area contributed by atoms with Gasteiger partial charge >= 0.3 is 0 Å². The molecule has 2 aromatic rings.